The van der Waals surface area contributed by atoms with E-state index in [1.807, 2.05) is 0 Å². The van der Waals surface area contributed by atoms with Crippen molar-refractivity contribution in [1.29, 1.82) is 0 Å². The predicted octanol–water partition coefficient (Wildman–Crippen LogP) is 3.19. The van der Waals surface area contributed by atoms with Gasteiger partial charge in [-0.3, -0.25) is 14.5 Å². The average Bonchev–Trinajstić information content (AvgIpc) is 3.18. The number of anilines is 2. The molecule has 0 bridgehead atoms. The number of fused-ring (bicyclic) bond motifs is 1. The number of ether oxygens (including phenoxy) is 2. The van der Waals surface area contributed by atoms with Gasteiger partial charge in [-0.05, 0) is 36.4 Å². The van der Waals surface area contributed by atoms with Gasteiger partial charge in [-0.25, -0.2) is 13.2 Å². The molecule has 4 rings (SSSR count). The number of oxazole rings is 1. The summed E-state index contributed by atoms with van der Waals surface area (Å²) in [6.07, 6.45) is 0. The van der Waals surface area contributed by atoms with E-state index in [1.165, 1.54) is 44.6 Å². The zero-order valence-corrected chi connectivity index (χ0v) is 18.4. The van der Waals surface area contributed by atoms with E-state index in [-0.39, 0.29) is 21.7 Å². The Bertz CT molecular complexity index is 1510. The number of methoxy groups -OCH3 is 2. The second kappa shape index (κ2) is 8.71. The Labute approximate surface area is 188 Å². The molecule has 1 amide bonds. The van der Waals surface area contributed by atoms with Crippen molar-refractivity contribution < 1.29 is 27.1 Å². The topological polar surface area (TPSA) is 140 Å². The van der Waals surface area contributed by atoms with Gasteiger partial charge in [0.15, 0.2) is 5.58 Å². The zero-order valence-electron chi connectivity index (χ0n) is 17.5. The van der Waals surface area contributed by atoms with Gasteiger partial charge in [0, 0.05) is 12.1 Å². The van der Waals surface area contributed by atoms with Crippen LogP contribution in [0.4, 0.5) is 11.4 Å². The molecule has 170 valence electrons. The van der Waals surface area contributed by atoms with E-state index in [0.29, 0.717) is 22.7 Å². The number of sulfonamides is 1. The Morgan fingerprint density at radius 3 is 2.52 bits per heavy atom. The first-order valence-corrected chi connectivity index (χ1v) is 11.1. The maximum Gasteiger partial charge on any atom is 0.417 e. The molecule has 0 saturated heterocycles. The van der Waals surface area contributed by atoms with Crippen molar-refractivity contribution in [3.63, 3.8) is 0 Å². The number of aromatic nitrogens is 1. The van der Waals surface area contributed by atoms with Crippen molar-refractivity contribution in [2.75, 3.05) is 24.3 Å². The molecule has 0 spiro atoms. The van der Waals surface area contributed by atoms with Crippen molar-refractivity contribution in [2.45, 2.75) is 4.90 Å². The summed E-state index contributed by atoms with van der Waals surface area (Å²) in [6.45, 7) is 0. The van der Waals surface area contributed by atoms with Crippen molar-refractivity contribution in [1.82, 2.24) is 4.98 Å². The first kappa shape index (κ1) is 22.0. The Morgan fingerprint density at radius 1 is 0.970 bits per heavy atom. The predicted molar refractivity (Wildman–Crippen MR) is 122 cm³/mol. The standard InChI is InChI=1S/C22H19N3O7S/c1-30-13-7-9-17(19(11-13)31-2)23-21(26)15-5-3-4-6-16(15)25-33(28,29)14-8-10-18-20(12-14)32-22(27)24-18/h3-12,25H,1-2H3,(H,23,26)(H,24,27). The number of hydrogen-bond acceptors (Lipinski definition) is 7. The molecule has 11 heteroatoms. The molecule has 3 N–H and O–H groups in total. The van der Waals surface area contributed by atoms with Gasteiger partial charge in [0.05, 0.1) is 41.6 Å². The van der Waals surface area contributed by atoms with Crippen LogP contribution in [0.25, 0.3) is 11.1 Å². The third kappa shape index (κ3) is 4.53. The van der Waals surface area contributed by atoms with E-state index < -0.39 is 21.7 Å². The highest BCUT2D eigenvalue weighted by atomic mass is 32.2. The highest BCUT2D eigenvalue weighted by molar-refractivity contribution is 7.92. The van der Waals surface area contributed by atoms with Gasteiger partial charge in [0.1, 0.15) is 11.5 Å². The second-order valence-corrected chi connectivity index (χ2v) is 8.53. The van der Waals surface area contributed by atoms with Crippen LogP contribution in [0, 0.1) is 0 Å². The molecular formula is C22H19N3O7S. The van der Waals surface area contributed by atoms with E-state index >= 15 is 0 Å². The number of hydrogen-bond donors (Lipinski definition) is 3. The van der Waals surface area contributed by atoms with Gasteiger partial charge >= 0.3 is 5.76 Å². The largest absolute Gasteiger partial charge is 0.497 e. The Morgan fingerprint density at radius 2 is 1.76 bits per heavy atom. The molecule has 33 heavy (non-hydrogen) atoms. The molecule has 0 aliphatic carbocycles. The number of amides is 1. The summed E-state index contributed by atoms with van der Waals surface area (Å²) < 4.78 is 43.7. The lowest BCUT2D eigenvalue weighted by molar-refractivity contribution is 0.102. The SMILES string of the molecule is COc1ccc(NC(=O)c2ccccc2NS(=O)(=O)c2ccc3[nH]c(=O)oc3c2)c(OC)c1. The summed E-state index contributed by atoms with van der Waals surface area (Å²) >= 11 is 0. The summed E-state index contributed by atoms with van der Waals surface area (Å²) in [6, 6.07) is 15.0. The van der Waals surface area contributed by atoms with Crippen LogP contribution in [0.3, 0.4) is 0 Å². The van der Waals surface area contributed by atoms with Crippen LogP contribution in [0.1, 0.15) is 10.4 Å². The monoisotopic (exact) mass is 469 g/mol. The molecule has 0 atom stereocenters. The molecule has 0 saturated carbocycles. The Kier molecular flexibility index (Phi) is 5.80. The number of H-pyrrole nitrogens is 1. The van der Waals surface area contributed by atoms with Crippen LogP contribution in [0.5, 0.6) is 11.5 Å². The molecule has 10 nitrogen and oxygen atoms in total. The molecule has 4 aromatic rings. The molecular weight excluding hydrogens is 450 g/mol. The number of carbonyl (C=O) groups excluding carboxylic acids is 1. The van der Waals surface area contributed by atoms with E-state index in [2.05, 4.69) is 15.0 Å². The number of para-hydroxylation sites is 1. The number of rotatable bonds is 7. The minimum absolute atomic E-state index is 0.0677. The lowest BCUT2D eigenvalue weighted by Crippen LogP contribution is -2.19. The number of aromatic amines is 1. The first-order chi connectivity index (χ1) is 15.8. The third-order valence-electron chi connectivity index (χ3n) is 4.78. The average molecular weight is 469 g/mol. The van der Waals surface area contributed by atoms with E-state index in [9.17, 15) is 18.0 Å². The van der Waals surface area contributed by atoms with Crippen molar-refractivity contribution >= 4 is 38.4 Å². The fourth-order valence-electron chi connectivity index (χ4n) is 3.16. The molecule has 0 fully saturated rings. The van der Waals surface area contributed by atoms with Crippen LogP contribution in [0.2, 0.25) is 0 Å². The quantitative estimate of drug-likeness (QED) is 0.378. The van der Waals surface area contributed by atoms with Gasteiger partial charge < -0.3 is 19.2 Å². The molecule has 3 aromatic carbocycles. The van der Waals surface area contributed by atoms with Crippen molar-refractivity contribution in [3.8, 4) is 11.5 Å². The van der Waals surface area contributed by atoms with Gasteiger partial charge in [-0.2, -0.15) is 0 Å². The molecule has 0 aliphatic heterocycles. The number of nitrogens with one attached hydrogen (secondary N) is 3. The lowest BCUT2D eigenvalue weighted by Gasteiger charge is -2.14. The normalized spacial score (nSPS) is 11.2. The Balaban J connectivity index is 1.63. The first-order valence-electron chi connectivity index (χ1n) is 9.59. The molecule has 1 heterocycles. The number of benzene rings is 3. The highest BCUT2D eigenvalue weighted by Gasteiger charge is 2.20. The minimum Gasteiger partial charge on any atom is -0.497 e. The smallest absolute Gasteiger partial charge is 0.417 e. The maximum absolute atomic E-state index is 13.0. The summed E-state index contributed by atoms with van der Waals surface area (Å²) in [5.41, 5.74) is 1.01. The zero-order chi connectivity index (χ0) is 23.6. The van der Waals surface area contributed by atoms with Crippen LogP contribution < -0.4 is 25.3 Å². The van der Waals surface area contributed by atoms with Gasteiger partial charge in [-0.15, -0.1) is 0 Å². The molecule has 0 unspecified atom stereocenters. The summed E-state index contributed by atoms with van der Waals surface area (Å²) in [7, 11) is -1.13. The molecule has 0 aliphatic rings. The fraction of sp³-hybridized carbons (Fsp3) is 0.0909. The van der Waals surface area contributed by atoms with Crippen LogP contribution >= 0.6 is 0 Å². The van der Waals surface area contributed by atoms with Crippen LogP contribution in [-0.2, 0) is 10.0 Å². The maximum atomic E-state index is 13.0. The van der Waals surface area contributed by atoms with Crippen molar-refractivity contribution in [2.24, 2.45) is 0 Å². The summed E-state index contributed by atoms with van der Waals surface area (Å²) in [4.78, 5) is 26.6. The third-order valence-corrected chi connectivity index (χ3v) is 6.14. The molecule has 1 aromatic heterocycles. The lowest BCUT2D eigenvalue weighted by atomic mass is 10.1. The van der Waals surface area contributed by atoms with Gasteiger partial charge in [0.25, 0.3) is 15.9 Å². The number of carbonyl (C=O) groups is 1. The molecule has 0 radical (unpaired) electrons. The summed E-state index contributed by atoms with van der Waals surface area (Å²) in [5, 5.41) is 2.71. The second-order valence-electron chi connectivity index (χ2n) is 6.84. The van der Waals surface area contributed by atoms with Gasteiger partial charge in [0.2, 0.25) is 0 Å². The van der Waals surface area contributed by atoms with Gasteiger partial charge in [-0.1, -0.05) is 12.1 Å². The minimum atomic E-state index is -4.09. The highest BCUT2D eigenvalue weighted by Crippen LogP contribution is 2.30. The van der Waals surface area contributed by atoms with E-state index in [0.717, 1.165) is 0 Å². The van der Waals surface area contributed by atoms with Crippen LogP contribution in [0.15, 0.2) is 74.8 Å². The fourth-order valence-corrected chi connectivity index (χ4v) is 4.25. The van der Waals surface area contributed by atoms with E-state index in [4.69, 9.17) is 13.9 Å². The van der Waals surface area contributed by atoms with E-state index in [1.54, 1.807) is 30.3 Å². The van der Waals surface area contributed by atoms with Crippen LogP contribution in [-0.4, -0.2) is 33.5 Å². The summed E-state index contributed by atoms with van der Waals surface area (Å²) in [5.74, 6) is -0.317. The van der Waals surface area contributed by atoms with Crippen molar-refractivity contribution in [3.05, 3.63) is 76.8 Å². The Hall–Kier alpha value is -4.25.